The summed E-state index contributed by atoms with van der Waals surface area (Å²) >= 11 is 0. The maximum atomic E-state index is 4.76. The van der Waals surface area contributed by atoms with Crippen molar-refractivity contribution in [3.8, 4) is 28.1 Å². The standard InChI is InChI=1S/C45H35N3.C17H20/c1-30-12-10-13-31(26-30)33-21-23-40-36(28-33)37-29-34(22-24-41(37)48(40)44-20-8-9-25-46-44)32-14-11-15-35(27-32)47-42-18-6-4-16-38(42)45(2,3)39-17-5-7-19-43(39)47;1-13-9-5-7-11-15(13)17(3,4)16-12-8-6-10-14(16)2/h4-29H,1-3H3;5-12H,1-4H3. The Morgan fingerprint density at radius 1 is 0.446 bits per heavy atom. The number of rotatable bonds is 6. The van der Waals surface area contributed by atoms with Gasteiger partial charge in [-0.2, -0.15) is 0 Å². The van der Waals surface area contributed by atoms with Crippen LogP contribution in [0.1, 0.15) is 66.6 Å². The van der Waals surface area contributed by atoms with Crippen LogP contribution in [-0.2, 0) is 10.8 Å². The third kappa shape index (κ3) is 7.41. The summed E-state index contributed by atoms with van der Waals surface area (Å²) in [6.07, 6.45) is 1.87. The van der Waals surface area contributed by atoms with E-state index in [1.54, 1.807) is 0 Å². The summed E-state index contributed by atoms with van der Waals surface area (Å²) in [5, 5.41) is 2.43. The van der Waals surface area contributed by atoms with Gasteiger partial charge >= 0.3 is 0 Å². The van der Waals surface area contributed by atoms with E-state index in [2.05, 4.69) is 252 Å². The highest BCUT2D eigenvalue weighted by atomic mass is 15.2. The van der Waals surface area contributed by atoms with Gasteiger partial charge in [0, 0.05) is 33.5 Å². The first-order chi connectivity index (χ1) is 31.5. The summed E-state index contributed by atoms with van der Waals surface area (Å²) < 4.78 is 2.29. The van der Waals surface area contributed by atoms with Crippen molar-refractivity contribution in [3.05, 3.63) is 245 Å². The Bertz CT molecular complexity index is 3270. The molecule has 8 aromatic carbocycles. The highest BCUT2D eigenvalue weighted by Crippen LogP contribution is 2.52. The molecule has 0 saturated carbocycles. The van der Waals surface area contributed by atoms with Crippen molar-refractivity contribution >= 4 is 38.9 Å². The van der Waals surface area contributed by atoms with Crippen LogP contribution in [0.15, 0.2) is 206 Å². The monoisotopic (exact) mass is 841 g/mol. The van der Waals surface area contributed by atoms with Crippen LogP contribution in [-0.4, -0.2) is 9.55 Å². The van der Waals surface area contributed by atoms with Gasteiger partial charge in [-0.3, -0.25) is 4.57 Å². The van der Waals surface area contributed by atoms with E-state index in [-0.39, 0.29) is 10.8 Å². The van der Waals surface area contributed by atoms with Crippen LogP contribution in [0.25, 0.3) is 49.9 Å². The maximum absolute atomic E-state index is 4.76. The highest BCUT2D eigenvalue weighted by molar-refractivity contribution is 6.11. The third-order valence-corrected chi connectivity index (χ3v) is 13.7. The fourth-order valence-electron chi connectivity index (χ4n) is 10.4. The molecule has 10 aromatic rings. The van der Waals surface area contributed by atoms with Crippen molar-refractivity contribution in [1.82, 2.24) is 9.55 Å². The molecule has 0 N–H and O–H groups in total. The van der Waals surface area contributed by atoms with Crippen LogP contribution < -0.4 is 4.90 Å². The van der Waals surface area contributed by atoms with Crippen molar-refractivity contribution in [2.75, 3.05) is 4.90 Å². The summed E-state index contributed by atoms with van der Waals surface area (Å²) in [5.41, 5.74) is 20.2. The van der Waals surface area contributed by atoms with E-state index in [0.29, 0.717) is 0 Å². The summed E-state index contributed by atoms with van der Waals surface area (Å²) in [5.74, 6) is 0.918. The lowest BCUT2D eigenvalue weighted by atomic mass is 9.73. The number of aromatic nitrogens is 2. The van der Waals surface area contributed by atoms with Crippen LogP contribution in [0.5, 0.6) is 0 Å². The molecule has 65 heavy (non-hydrogen) atoms. The third-order valence-electron chi connectivity index (χ3n) is 13.7. The number of pyridine rings is 1. The number of aryl methyl sites for hydroxylation is 3. The van der Waals surface area contributed by atoms with Crippen LogP contribution >= 0.6 is 0 Å². The molecule has 0 spiro atoms. The first kappa shape index (κ1) is 41.5. The van der Waals surface area contributed by atoms with Crippen molar-refractivity contribution in [2.24, 2.45) is 0 Å². The van der Waals surface area contributed by atoms with Gasteiger partial charge < -0.3 is 4.90 Å². The van der Waals surface area contributed by atoms with Crippen LogP contribution in [0.3, 0.4) is 0 Å². The molecule has 0 saturated heterocycles. The minimum atomic E-state index is -0.0918. The molecule has 1 aliphatic rings. The quantitative estimate of drug-likeness (QED) is 0.166. The molecule has 1 aliphatic heterocycles. The van der Waals surface area contributed by atoms with Gasteiger partial charge in [0.2, 0.25) is 0 Å². The van der Waals surface area contributed by atoms with E-state index in [1.807, 2.05) is 12.3 Å². The Balaban J connectivity index is 0.000000247. The largest absolute Gasteiger partial charge is 0.310 e. The number of nitrogens with zero attached hydrogens (tertiary/aromatic N) is 3. The SMILES string of the molecule is Cc1cccc(-c2ccc3c(c2)c2cc(-c4cccc(N5c6ccccc6C(C)(C)c6ccccc65)c4)ccc2n3-c2ccccn2)c1.Cc1ccccc1C(C)(C)c1ccccc1C. The van der Waals surface area contributed by atoms with E-state index in [9.17, 15) is 0 Å². The van der Waals surface area contributed by atoms with Crippen molar-refractivity contribution in [1.29, 1.82) is 0 Å². The van der Waals surface area contributed by atoms with Crippen molar-refractivity contribution in [3.63, 3.8) is 0 Å². The fraction of sp³-hybridized carbons (Fsp3) is 0.145. The zero-order chi connectivity index (χ0) is 44.9. The lowest BCUT2D eigenvalue weighted by Crippen LogP contribution is -2.30. The maximum Gasteiger partial charge on any atom is 0.137 e. The van der Waals surface area contributed by atoms with Gasteiger partial charge in [0.05, 0.1) is 22.4 Å². The number of hydrogen-bond acceptors (Lipinski definition) is 2. The molecular weight excluding hydrogens is 787 g/mol. The van der Waals surface area contributed by atoms with Crippen LogP contribution in [0.4, 0.5) is 17.1 Å². The summed E-state index contributed by atoms with van der Waals surface area (Å²) in [4.78, 5) is 7.19. The molecule has 3 heterocycles. The number of anilines is 3. The average molecular weight is 842 g/mol. The number of benzene rings is 8. The molecule has 3 heteroatoms. The predicted molar refractivity (Wildman–Crippen MR) is 275 cm³/mol. The minimum absolute atomic E-state index is 0.0662. The van der Waals surface area contributed by atoms with Crippen LogP contribution in [0.2, 0.25) is 0 Å². The molecule has 0 atom stereocenters. The fourth-order valence-corrected chi connectivity index (χ4v) is 10.4. The summed E-state index contributed by atoms with van der Waals surface area (Å²) in [6, 6.07) is 72.5. The van der Waals surface area contributed by atoms with Gasteiger partial charge in [-0.05, 0) is 137 Å². The van der Waals surface area contributed by atoms with Crippen LogP contribution in [0, 0.1) is 20.8 Å². The number of fused-ring (bicyclic) bond motifs is 5. The lowest BCUT2D eigenvalue weighted by Gasteiger charge is -2.42. The zero-order valence-electron chi connectivity index (χ0n) is 38.5. The van der Waals surface area contributed by atoms with E-state index in [4.69, 9.17) is 4.98 Å². The minimum Gasteiger partial charge on any atom is -0.310 e. The van der Waals surface area contributed by atoms with Gasteiger partial charge in [0.25, 0.3) is 0 Å². The first-order valence-electron chi connectivity index (χ1n) is 22.8. The molecule has 0 amide bonds. The molecule has 2 aromatic heterocycles. The predicted octanol–water partition coefficient (Wildman–Crippen LogP) is 16.6. The van der Waals surface area contributed by atoms with Gasteiger partial charge in [-0.15, -0.1) is 0 Å². The molecule has 0 unspecified atom stereocenters. The second-order valence-electron chi connectivity index (χ2n) is 18.7. The average Bonchev–Trinajstić information content (AvgIpc) is 3.65. The molecule has 0 bridgehead atoms. The second kappa shape index (κ2) is 16.6. The van der Waals surface area contributed by atoms with Gasteiger partial charge in [0.1, 0.15) is 5.82 Å². The smallest absolute Gasteiger partial charge is 0.137 e. The highest BCUT2D eigenvalue weighted by Gasteiger charge is 2.36. The molecule has 318 valence electrons. The molecule has 0 aliphatic carbocycles. The van der Waals surface area contributed by atoms with Gasteiger partial charge in [-0.25, -0.2) is 4.98 Å². The van der Waals surface area contributed by atoms with Crippen molar-refractivity contribution < 1.29 is 0 Å². The van der Waals surface area contributed by atoms with E-state index < -0.39 is 0 Å². The summed E-state index contributed by atoms with van der Waals surface area (Å²) in [6.45, 7) is 15.8. The molecule has 0 radical (unpaired) electrons. The van der Waals surface area contributed by atoms with E-state index in [0.717, 1.165) is 22.5 Å². The Morgan fingerprint density at radius 3 is 1.48 bits per heavy atom. The van der Waals surface area contributed by atoms with Gasteiger partial charge in [-0.1, -0.05) is 173 Å². The van der Waals surface area contributed by atoms with Crippen molar-refractivity contribution in [2.45, 2.75) is 59.3 Å². The first-order valence-corrected chi connectivity index (χ1v) is 22.8. The lowest BCUT2D eigenvalue weighted by molar-refractivity contribution is 0.631. The summed E-state index contributed by atoms with van der Waals surface area (Å²) in [7, 11) is 0. The Labute approximate surface area is 384 Å². The Hall–Kier alpha value is -7.49. The number of hydrogen-bond donors (Lipinski definition) is 0. The zero-order valence-corrected chi connectivity index (χ0v) is 38.5. The topological polar surface area (TPSA) is 21.1 Å². The van der Waals surface area contributed by atoms with E-state index >= 15 is 0 Å². The Kier molecular flexibility index (Phi) is 10.6. The normalized spacial score (nSPS) is 12.9. The molecule has 3 nitrogen and oxygen atoms in total. The number of para-hydroxylation sites is 2. The molecule has 11 rings (SSSR count). The Morgan fingerprint density at radius 2 is 0.938 bits per heavy atom. The van der Waals surface area contributed by atoms with Gasteiger partial charge in [0.15, 0.2) is 0 Å². The second-order valence-corrected chi connectivity index (χ2v) is 18.7. The molecular formula is C62H55N3. The molecule has 0 fully saturated rings. The van der Waals surface area contributed by atoms with E-state index in [1.165, 1.54) is 83.3 Å².